The Morgan fingerprint density at radius 2 is 1.71 bits per heavy atom. The summed E-state index contributed by atoms with van der Waals surface area (Å²) in [5.41, 5.74) is 1.08. The molecule has 3 aromatic carbocycles. The molecule has 3 aromatic rings. The van der Waals surface area contributed by atoms with Crippen LogP contribution in [0.4, 0.5) is 18.9 Å². The van der Waals surface area contributed by atoms with Crippen LogP contribution in [0.25, 0.3) is 0 Å². The Morgan fingerprint density at radius 1 is 1.00 bits per heavy atom. The van der Waals surface area contributed by atoms with Crippen molar-refractivity contribution < 1.29 is 26.4 Å². The molecule has 12 heteroatoms. The molecule has 0 saturated carbocycles. The number of nitrogens with one attached hydrogen (secondary N) is 1. The molecule has 0 aromatic heterocycles. The fourth-order valence-electron chi connectivity index (χ4n) is 2.83. The largest absolute Gasteiger partial charge is 0.416 e. The highest BCUT2D eigenvalue weighted by Gasteiger charge is 2.34. The molecule has 0 aliphatic heterocycles. The molecule has 0 spiro atoms. The first kappa shape index (κ1) is 25.5. The number of halogens is 5. The van der Waals surface area contributed by atoms with Gasteiger partial charge in [0.15, 0.2) is 0 Å². The molecule has 0 saturated heterocycles. The lowest BCUT2D eigenvalue weighted by Crippen LogP contribution is -2.40. The number of rotatable bonds is 7. The molecular formula is C22H16Cl2F3N3O3S. The van der Waals surface area contributed by atoms with E-state index in [4.69, 9.17) is 23.2 Å². The number of alkyl halides is 3. The van der Waals surface area contributed by atoms with Crippen molar-refractivity contribution in [2.75, 3.05) is 10.8 Å². The van der Waals surface area contributed by atoms with E-state index in [1.165, 1.54) is 30.5 Å². The molecule has 6 nitrogen and oxygen atoms in total. The van der Waals surface area contributed by atoms with E-state index in [0.717, 1.165) is 6.07 Å². The van der Waals surface area contributed by atoms with Gasteiger partial charge >= 0.3 is 6.18 Å². The Morgan fingerprint density at radius 3 is 2.35 bits per heavy atom. The van der Waals surface area contributed by atoms with Gasteiger partial charge in [-0.25, -0.2) is 13.8 Å². The van der Waals surface area contributed by atoms with Crippen molar-refractivity contribution in [2.24, 2.45) is 5.10 Å². The Kier molecular flexibility index (Phi) is 7.86. The van der Waals surface area contributed by atoms with Crippen LogP contribution in [0.2, 0.25) is 10.0 Å². The maximum absolute atomic E-state index is 13.3. The third-order valence-electron chi connectivity index (χ3n) is 4.41. The van der Waals surface area contributed by atoms with Crippen molar-refractivity contribution in [1.29, 1.82) is 0 Å². The Labute approximate surface area is 203 Å². The summed E-state index contributed by atoms with van der Waals surface area (Å²) in [4.78, 5) is 12.3. The minimum atomic E-state index is -4.76. The molecule has 178 valence electrons. The molecule has 0 aliphatic carbocycles. The Bertz CT molecular complexity index is 1320. The van der Waals surface area contributed by atoms with Crippen LogP contribution in [-0.2, 0) is 21.0 Å². The normalized spacial score (nSPS) is 12.0. The lowest BCUT2D eigenvalue weighted by atomic mass is 10.2. The number of amides is 1. The number of hydrazone groups is 1. The number of nitrogens with zero attached hydrogens (tertiary/aromatic N) is 2. The van der Waals surface area contributed by atoms with Gasteiger partial charge in [-0.05, 0) is 48.0 Å². The minimum Gasteiger partial charge on any atom is -0.271 e. The van der Waals surface area contributed by atoms with E-state index in [-0.39, 0.29) is 9.92 Å². The van der Waals surface area contributed by atoms with E-state index in [9.17, 15) is 26.4 Å². The summed E-state index contributed by atoms with van der Waals surface area (Å²) in [6.07, 6.45) is -3.48. The highest BCUT2D eigenvalue weighted by Crippen LogP contribution is 2.37. The molecular weight excluding hydrogens is 514 g/mol. The highest BCUT2D eigenvalue weighted by atomic mass is 35.5. The number of carbonyl (C=O) groups is 1. The zero-order valence-corrected chi connectivity index (χ0v) is 19.5. The zero-order valence-electron chi connectivity index (χ0n) is 17.1. The van der Waals surface area contributed by atoms with E-state index in [1.54, 1.807) is 30.3 Å². The van der Waals surface area contributed by atoms with E-state index < -0.39 is 39.9 Å². The van der Waals surface area contributed by atoms with E-state index >= 15 is 0 Å². The van der Waals surface area contributed by atoms with Crippen LogP contribution >= 0.6 is 23.2 Å². The molecule has 34 heavy (non-hydrogen) atoms. The Hall–Kier alpha value is -3.08. The average molecular weight is 530 g/mol. The van der Waals surface area contributed by atoms with Crippen LogP contribution in [0.5, 0.6) is 0 Å². The summed E-state index contributed by atoms with van der Waals surface area (Å²) in [7, 11) is -4.47. The van der Waals surface area contributed by atoms with Crippen LogP contribution in [-0.4, -0.2) is 27.1 Å². The van der Waals surface area contributed by atoms with Crippen molar-refractivity contribution in [3.63, 3.8) is 0 Å². The summed E-state index contributed by atoms with van der Waals surface area (Å²) < 4.78 is 66.9. The minimum absolute atomic E-state index is 0.237. The van der Waals surface area contributed by atoms with Gasteiger partial charge in [0.05, 0.1) is 27.4 Å². The van der Waals surface area contributed by atoms with Crippen LogP contribution in [0.15, 0.2) is 82.8 Å². The lowest BCUT2D eigenvalue weighted by Gasteiger charge is -2.25. The number of hydrogen-bond acceptors (Lipinski definition) is 4. The summed E-state index contributed by atoms with van der Waals surface area (Å²) in [6, 6.07) is 15.7. The smallest absolute Gasteiger partial charge is 0.271 e. The standard InChI is InChI=1S/C22H16Cl2F3N3O3S/c23-17-6-4-5-15(11-17)13-28-29-21(31)14-30(34(32,33)18-7-2-1-3-8-18)20-12-16(22(25,26)27)9-10-19(20)24/h1-13H,14H2,(H,29,31)/b28-13-. The van der Waals surface area contributed by atoms with Crippen molar-refractivity contribution in [2.45, 2.75) is 11.1 Å². The van der Waals surface area contributed by atoms with E-state index in [0.29, 0.717) is 27.0 Å². The second-order valence-corrected chi connectivity index (χ2v) is 9.54. The van der Waals surface area contributed by atoms with Crippen LogP contribution in [0, 0.1) is 0 Å². The fraction of sp³-hybridized carbons (Fsp3) is 0.0909. The summed E-state index contributed by atoms with van der Waals surface area (Å²) in [5.74, 6) is -0.911. The predicted octanol–water partition coefficient (Wildman–Crippen LogP) is 5.36. The number of carbonyl (C=O) groups excluding carboxylic acids is 1. The number of anilines is 1. The third kappa shape index (κ3) is 6.28. The van der Waals surface area contributed by atoms with Gasteiger partial charge in [-0.1, -0.05) is 53.5 Å². The lowest BCUT2D eigenvalue weighted by molar-refractivity contribution is -0.137. The van der Waals surface area contributed by atoms with Gasteiger partial charge in [-0.2, -0.15) is 18.3 Å². The number of hydrogen-bond donors (Lipinski definition) is 1. The molecule has 0 radical (unpaired) electrons. The van der Waals surface area contributed by atoms with Gasteiger partial charge < -0.3 is 0 Å². The van der Waals surface area contributed by atoms with Gasteiger partial charge in [0.2, 0.25) is 0 Å². The van der Waals surface area contributed by atoms with Crippen LogP contribution < -0.4 is 9.73 Å². The Balaban J connectivity index is 1.95. The van der Waals surface area contributed by atoms with Gasteiger partial charge in [0, 0.05) is 5.02 Å². The van der Waals surface area contributed by atoms with E-state index in [1.807, 2.05) is 0 Å². The SMILES string of the molecule is O=C(CN(c1cc(C(F)(F)F)ccc1Cl)S(=O)(=O)c1ccccc1)N/N=C\c1cccc(Cl)c1. The quantitative estimate of drug-likeness (QED) is 0.330. The molecule has 3 rings (SSSR count). The number of benzene rings is 3. The van der Waals surface area contributed by atoms with Crippen molar-refractivity contribution >= 4 is 51.0 Å². The van der Waals surface area contributed by atoms with Gasteiger partial charge in [0.1, 0.15) is 6.54 Å². The van der Waals surface area contributed by atoms with Crippen LogP contribution in [0.3, 0.4) is 0 Å². The van der Waals surface area contributed by atoms with Crippen molar-refractivity contribution in [3.05, 3.63) is 94.0 Å². The zero-order chi connectivity index (χ0) is 24.9. The maximum Gasteiger partial charge on any atom is 0.416 e. The van der Waals surface area contributed by atoms with Crippen LogP contribution in [0.1, 0.15) is 11.1 Å². The monoisotopic (exact) mass is 529 g/mol. The van der Waals surface area contributed by atoms with E-state index in [2.05, 4.69) is 10.5 Å². The molecule has 1 N–H and O–H groups in total. The van der Waals surface area contributed by atoms with Gasteiger partial charge in [-0.15, -0.1) is 0 Å². The first-order valence-electron chi connectivity index (χ1n) is 9.50. The molecule has 0 atom stereocenters. The third-order valence-corrected chi connectivity index (χ3v) is 6.74. The summed E-state index contributed by atoms with van der Waals surface area (Å²) in [6.45, 7) is -0.884. The average Bonchev–Trinajstić information content (AvgIpc) is 2.78. The molecule has 0 bridgehead atoms. The molecule has 0 fully saturated rings. The molecule has 1 amide bonds. The molecule has 0 heterocycles. The predicted molar refractivity (Wildman–Crippen MR) is 125 cm³/mol. The second kappa shape index (κ2) is 10.5. The van der Waals surface area contributed by atoms with Gasteiger partial charge in [0.25, 0.3) is 15.9 Å². The van der Waals surface area contributed by atoms with Crippen molar-refractivity contribution in [1.82, 2.24) is 5.43 Å². The highest BCUT2D eigenvalue weighted by molar-refractivity contribution is 7.92. The molecule has 0 aliphatic rings. The van der Waals surface area contributed by atoms with Crippen molar-refractivity contribution in [3.8, 4) is 0 Å². The second-order valence-electron chi connectivity index (χ2n) is 6.84. The maximum atomic E-state index is 13.3. The molecule has 0 unspecified atom stereocenters. The fourth-order valence-corrected chi connectivity index (χ4v) is 4.75. The summed E-state index contributed by atoms with van der Waals surface area (Å²) in [5, 5.41) is 3.90. The van der Waals surface area contributed by atoms with Gasteiger partial charge in [-0.3, -0.25) is 9.10 Å². The summed E-state index contributed by atoms with van der Waals surface area (Å²) >= 11 is 11.9. The first-order chi connectivity index (χ1) is 16.0. The topological polar surface area (TPSA) is 78.8 Å². The number of sulfonamides is 1. The first-order valence-corrected chi connectivity index (χ1v) is 11.7.